The van der Waals surface area contributed by atoms with E-state index < -0.39 is 0 Å². The third-order valence-electron chi connectivity index (χ3n) is 5.81. The summed E-state index contributed by atoms with van der Waals surface area (Å²) in [6.45, 7) is 16.5. The van der Waals surface area contributed by atoms with Crippen molar-refractivity contribution in [2.75, 3.05) is 39.3 Å². The molecule has 118 valence electrons. The summed E-state index contributed by atoms with van der Waals surface area (Å²) in [5.74, 6) is 1.58. The van der Waals surface area contributed by atoms with Crippen molar-refractivity contribution in [2.45, 2.75) is 53.0 Å². The van der Waals surface area contributed by atoms with E-state index in [1.165, 1.54) is 52.0 Å². The van der Waals surface area contributed by atoms with E-state index in [1.54, 1.807) is 0 Å². The van der Waals surface area contributed by atoms with Crippen LogP contribution in [0.25, 0.3) is 0 Å². The minimum atomic E-state index is 0.447. The average molecular weight is 281 g/mol. The highest BCUT2D eigenvalue weighted by atomic mass is 15.3. The van der Waals surface area contributed by atoms with Crippen LogP contribution in [0.2, 0.25) is 0 Å². The molecule has 0 amide bonds. The van der Waals surface area contributed by atoms with Gasteiger partial charge in [-0.15, -0.1) is 0 Å². The van der Waals surface area contributed by atoms with Crippen LogP contribution < -0.4 is 5.73 Å². The molecule has 1 saturated heterocycles. The van der Waals surface area contributed by atoms with E-state index >= 15 is 0 Å². The van der Waals surface area contributed by atoms with E-state index in [0.717, 1.165) is 24.4 Å². The van der Waals surface area contributed by atoms with Crippen molar-refractivity contribution in [1.82, 2.24) is 9.80 Å². The molecule has 3 nitrogen and oxygen atoms in total. The van der Waals surface area contributed by atoms with E-state index in [2.05, 4.69) is 37.5 Å². The number of rotatable bonds is 3. The minimum Gasteiger partial charge on any atom is -0.330 e. The van der Waals surface area contributed by atoms with Gasteiger partial charge in [-0.05, 0) is 49.6 Å². The summed E-state index contributed by atoms with van der Waals surface area (Å²) in [5.41, 5.74) is 6.52. The highest BCUT2D eigenvalue weighted by Gasteiger charge is 2.38. The summed E-state index contributed by atoms with van der Waals surface area (Å²) < 4.78 is 0. The molecule has 0 aromatic rings. The largest absolute Gasteiger partial charge is 0.330 e. The molecule has 2 rings (SSSR count). The van der Waals surface area contributed by atoms with Crippen LogP contribution in [-0.2, 0) is 0 Å². The molecule has 3 heteroatoms. The van der Waals surface area contributed by atoms with Gasteiger partial charge in [0.25, 0.3) is 0 Å². The van der Waals surface area contributed by atoms with Gasteiger partial charge in [0.05, 0.1) is 0 Å². The van der Waals surface area contributed by atoms with E-state index in [4.69, 9.17) is 5.73 Å². The lowest BCUT2D eigenvalue weighted by Crippen LogP contribution is -2.55. The second-order valence-electron chi connectivity index (χ2n) is 7.91. The Morgan fingerprint density at radius 1 is 1.05 bits per heavy atom. The van der Waals surface area contributed by atoms with E-state index in [-0.39, 0.29) is 0 Å². The number of hydrogen-bond acceptors (Lipinski definition) is 3. The maximum absolute atomic E-state index is 6.07. The Hall–Kier alpha value is -0.120. The van der Waals surface area contributed by atoms with Gasteiger partial charge < -0.3 is 10.6 Å². The molecular weight excluding hydrogens is 246 g/mol. The lowest BCUT2D eigenvalue weighted by Gasteiger charge is -2.48. The first-order chi connectivity index (χ1) is 9.45. The lowest BCUT2D eigenvalue weighted by molar-refractivity contribution is 0.0170. The van der Waals surface area contributed by atoms with Crippen LogP contribution >= 0.6 is 0 Å². The SMILES string of the molecule is CCN1CCN(C2CC(C(C)(C)C)CCC2CN)CC1. The third-order valence-corrected chi connectivity index (χ3v) is 5.81. The summed E-state index contributed by atoms with van der Waals surface area (Å²) in [6, 6.07) is 0.733. The molecular formula is C17H35N3. The van der Waals surface area contributed by atoms with Crippen LogP contribution in [0.5, 0.6) is 0 Å². The standard InChI is InChI=1S/C17H35N3/c1-5-19-8-10-20(11-9-19)16-12-15(17(2,3)4)7-6-14(16)13-18/h14-16H,5-13,18H2,1-4H3. The number of hydrogen-bond donors (Lipinski definition) is 1. The number of piperazine rings is 1. The summed E-state index contributed by atoms with van der Waals surface area (Å²) >= 11 is 0. The molecule has 2 aliphatic rings. The van der Waals surface area contributed by atoms with Gasteiger partial charge in [-0.25, -0.2) is 0 Å². The fourth-order valence-electron chi connectivity index (χ4n) is 4.13. The van der Waals surface area contributed by atoms with Crippen molar-refractivity contribution in [2.24, 2.45) is 23.0 Å². The van der Waals surface area contributed by atoms with Gasteiger partial charge >= 0.3 is 0 Å². The molecule has 0 radical (unpaired) electrons. The maximum Gasteiger partial charge on any atom is 0.0139 e. The lowest BCUT2D eigenvalue weighted by atomic mass is 9.67. The van der Waals surface area contributed by atoms with Crippen LogP contribution in [0.15, 0.2) is 0 Å². The van der Waals surface area contributed by atoms with Gasteiger partial charge in [-0.3, -0.25) is 4.90 Å². The molecule has 1 heterocycles. The van der Waals surface area contributed by atoms with Gasteiger partial charge in [-0.1, -0.05) is 27.7 Å². The Labute approximate surface area is 125 Å². The molecule has 1 saturated carbocycles. The molecule has 2 fully saturated rings. The molecule has 3 unspecified atom stereocenters. The molecule has 3 atom stereocenters. The van der Waals surface area contributed by atoms with Crippen molar-refractivity contribution in [1.29, 1.82) is 0 Å². The smallest absolute Gasteiger partial charge is 0.0139 e. The van der Waals surface area contributed by atoms with Gasteiger partial charge in [0.15, 0.2) is 0 Å². The van der Waals surface area contributed by atoms with Crippen LogP contribution in [-0.4, -0.2) is 55.1 Å². The molecule has 0 spiro atoms. The quantitative estimate of drug-likeness (QED) is 0.862. The molecule has 1 aliphatic heterocycles. The Kier molecular flexibility index (Phi) is 5.49. The molecule has 2 N–H and O–H groups in total. The van der Waals surface area contributed by atoms with E-state index in [0.29, 0.717) is 5.41 Å². The summed E-state index contributed by atoms with van der Waals surface area (Å²) in [5, 5.41) is 0. The predicted octanol–water partition coefficient (Wildman–Crippen LogP) is 2.41. The maximum atomic E-state index is 6.07. The predicted molar refractivity (Wildman–Crippen MR) is 86.8 cm³/mol. The van der Waals surface area contributed by atoms with Crippen molar-refractivity contribution < 1.29 is 0 Å². The molecule has 1 aliphatic carbocycles. The van der Waals surface area contributed by atoms with Gasteiger partial charge in [0, 0.05) is 32.2 Å². The molecule has 20 heavy (non-hydrogen) atoms. The fourth-order valence-corrected chi connectivity index (χ4v) is 4.13. The Morgan fingerprint density at radius 3 is 2.20 bits per heavy atom. The fraction of sp³-hybridized carbons (Fsp3) is 1.00. The molecule has 0 aromatic carbocycles. The second-order valence-corrected chi connectivity index (χ2v) is 7.91. The zero-order valence-electron chi connectivity index (χ0n) is 14.1. The third kappa shape index (κ3) is 3.75. The zero-order chi connectivity index (χ0) is 14.8. The average Bonchev–Trinajstić information content (AvgIpc) is 2.45. The first kappa shape index (κ1) is 16.3. The van der Waals surface area contributed by atoms with Crippen LogP contribution in [0.4, 0.5) is 0 Å². The highest BCUT2D eigenvalue weighted by Crippen LogP contribution is 2.41. The van der Waals surface area contributed by atoms with Crippen molar-refractivity contribution in [3.05, 3.63) is 0 Å². The van der Waals surface area contributed by atoms with Crippen LogP contribution in [0.3, 0.4) is 0 Å². The van der Waals surface area contributed by atoms with E-state index in [9.17, 15) is 0 Å². The number of likely N-dealkylation sites (N-methyl/N-ethyl adjacent to an activating group) is 1. The monoisotopic (exact) mass is 281 g/mol. The zero-order valence-corrected chi connectivity index (χ0v) is 14.1. The summed E-state index contributed by atoms with van der Waals surface area (Å²) in [4.78, 5) is 5.32. The topological polar surface area (TPSA) is 32.5 Å². The minimum absolute atomic E-state index is 0.447. The first-order valence-electron chi connectivity index (χ1n) is 8.62. The Morgan fingerprint density at radius 2 is 1.70 bits per heavy atom. The van der Waals surface area contributed by atoms with Crippen molar-refractivity contribution >= 4 is 0 Å². The van der Waals surface area contributed by atoms with E-state index in [1.807, 2.05) is 0 Å². The molecule has 0 aromatic heterocycles. The molecule has 0 bridgehead atoms. The van der Waals surface area contributed by atoms with Crippen LogP contribution in [0.1, 0.15) is 47.0 Å². The second kappa shape index (κ2) is 6.76. The number of nitrogens with two attached hydrogens (primary N) is 1. The van der Waals surface area contributed by atoms with Gasteiger partial charge in [0.1, 0.15) is 0 Å². The first-order valence-corrected chi connectivity index (χ1v) is 8.62. The normalized spacial score (nSPS) is 34.4. The highest BCUT2D eigenvalue weighted by molar-refractivity contribution is 4.92. The van der Waals surface area contributed by atoms with Gasteiger partial charge in [0.2, 0.25) is 0 Å². The van der Waals surface area contributed by atoms with Crippen molar-refractivity contribution in [3.63, 3.8) is 0 Å². The van der Waals surface area contributed by atoms with Crippen LogP contribution in [0, 0.1) is 17.3 Å². The Bertz CT molecular complexity index is 289. The Balaban J connectivity index is 1.99. The summed E-state index contributed by atoms with van der Waals surface area (Å²) in [7, 11) is 0. The summed E-state index contributed by atoms with van der Waals surface area (Å²) in [6.07, 6.45) is 4.06. The van der Waals surface area contributed by atoms with Crippen molar-refractivity contribution in [3.8, 4) is 0 Å². The number of nitrogens with zero attached hydrogens (tertiary/aromatic N) is 2. The van der Waals surface area contributed by atoms with Gasteiger partial charge in [-0.2, -0.15) is 0 Å².